The van der Waals surface area contributed by atoms with E-state index in [1.165, 1.54) is 6.33 Å². The number of aromatic nitrogens is 3. The van der Waals surface area contributed by atoms with E-state index in [-0.39, 0.29) is 6.54 Å². The van der Waals surface area contributed by atoms with E-state index in [1.54, 1.807) is 35.3 Å². The van der Waals surface area contributed by atoms with Crippen LogP contribution in [0.2, 0.25) is 5.02 Å². The van der Waals surface area contributed by atoms with Crippen molar-refractivity contribution in [2.75, 3.05) is 0 Å². The van der Waals surface area contributed by atoms with Gasteiger partial charge in [0.05, 0.1) is 6.54 Å². The first-order valence-electron chi connectivity index (χ1n) is 5.95. The Balaban J connectivity index is 2.36. The van der Waals surface area contributed by atoms with Crippen molar-refractivity contribution < 1.29 is 5.11 Å². The van der Waals surface area contributed by atoms with E-state index in [1.807, 2.05) is 6.92 Å². The number of hydrogen-bond donors (Lipinski definition) is 1. The van der Waals surface area contributed by atoms with Crippen LogP contribution >= 0.6 is 11.6 Å². The fourth-order valence-electron chi connectivity index (χ4n) is 1.71. The Labute approximate surface area is 117 Å². The van der Waals surface area contributed by atoms with Crippen LogP contribution in [0.15, 0.2) is 36.9 Å². The normalized spacial score (nSPS) is 13.4. The summed E-state index contributed by atoms with van der Waals surface area (Å²) in [5.41, 5.74) is -0.609. The molecule has 0 aliphatic rings. The number of benzene rings is 1. The quantitative estimate of drug-likeness (QED) is 0.874. The monoisotopic (exact) mass is 275 g/mol. The van der Waals surface area contributed by atoms with Crippen LogP contribution in [-0.4, -0.2) is 19.9 Å². The molecule has 0 bridgehead atoms. The summed E-state index contributed by atoms with van der Waals surface area (Å²) in [6, 6.07) is 7.00. The van der Waals surface area contributed by atoms with Crippen molar-refractivity contribution in [1.82, 2.24) is 14.8 Å². The number of nitrogens with zero attached hydrogens (tertiary/aromatic N) is 3. The van der Waals surface area contributed by atoms with E-state index >= 15 is 0 Å². The highest BCUT2D eigenvalue weighted by Crippen LogP contribution is 2.24. The van der Waals surface area contributed by atoms with Crippen LogP contribution in [0.5, 0.6) is 0 Å². The average Bonchev–Trinajstić information content (AvgIpc) is 2.90. The molecule has 1 atom stereocenters. The third-order valence-corrected chi connectivity index (χ3v) is 2.90. The molecule has 2 aromatic rings. The molecule has 0 radical (unpaired) electrons. The molecule has 1 aromatic heterocycles. The van der Waals surface area contributed by atoms with Gasteiger partial charge < -0.3 is 5.11 Å². The van der Waals surface area contributed by atoms with Gasteiger partial charge >= 0.3 is 0 Å². The second-order valence-electron chi connectivity index (χ2n) is 4.12. The molecular formula is C14H14ClN3O. The van der Waals surface area contributed by atoms with Gasteiger partial charge in [0.2, 0.25) is 0 Å². The third kappa shape index (κ3) is 3.34. The zero-order chi connectivity index (χ0) is 13.7. The molecular weight excluding hydrogens is 262 g/mol. The summed E-state index contributed by atoms with van der Waals surface area (Å²) in [5, 5.41) is 15.4. The van der Waals surface area contributed by atoms with Gasteiger partial charge in [0, 0.05) is 11.4 Å². The average molecular weight is 276 g/mol. The third-order valence-electron chi connectivity index (χ3n) is 2.65. The van der Waals surface area contributed by atoms with Gasteiger partial charge in [-0.2, -0.15) is 5.10 Å². The first kappa shape index (κ1) is 13.6. The predicted molar refractivity (Wildman–Crippen MR) is 73.4 cm³/mol. The predicted octanol–water partition coefficient (Wildman–Crippen LogP) is 2.23. The van der Waals surface area contributed by atoms with Crippen LogP contribution in [0.4, 0.5) is 0 Å². The molecule has 0 saturated heterocycles. The van der Waals surface area contributed by atoms with E-state index in [0.717, 1.165) is 0 Å². The lowest BCUT2D eigenvalue weighted by Crippen LogP contribution is -2.30. The molecule has 4 nitrogen and oxygen atoms in total. The SMILES string of the molecule is CCC#CC(O)(Cn1cncn1)c1ccc(Cl)cc1. The summed E-state index contributed by atoms with van der Waals surface area (Å²) >= 11 is 5.86. The minimum atomic E-state index is -1.30. The van der Waals surface area contributed by atoms with Crippen molar-refractivity contribution in [2.24, 2.45) is 0 Å². The Hall–Kier alpha value is -1.83. The highest BCUT2D eigenvalue weighted by Gasteiger charge is 2.28. The molecule has 0 spiro atoms. The Morgan fingerprint density at radius 1 is 1.37 bits per heavy atom. The van der Waals surface area contributed by atoms with E-state index < -0.39 is 5.60 Å². The fraction of sp³-hybridized carbons (Fsp3) is 0.286. The van der Waals surface area contributed by atoms with Crippen LogP contribution in [-0.2, 0) is 12.1 Å². The van der Waals surface area contributed by atoms with Gasteiger partial charge in [0.25, 0.3) is 0 Å². The fourth-order valence-corrected chi connectivity index (χ4v) is 1.84. The van der Waals surface area contributed by atoms with Crippen LogP contribution in [0.3, 0.4) is 0 Å². The van der Waals surface area contributed by atoms with E-state index in [0.29, 0.717) is 17.0 Å². The van der Waals surface area contributed by atoms with Crippen molar-refractivity contribution in [3.05, 3.63) is 47.5 Å². The lowest BCUT2D eigenvalue weighted by Gasteiger charge is -2.22. The Morgan fingerprint density at radius 3 is 2.68 bits per heavy atom. The lowest BCUT2D eigenvalue weighted by atomic mass is 9.94. The number of halogens is 1. The van der Waals surface area contributed by atoms with E-state index in [2.05, 4.69) is 21.9 Å². The maximum atomic E-state index is 10.8. The molecule has 1 N–H and O–H groups in total. The molecule has 19 heavy (non-hydrogen) atoms. The molecule has 0 fully saturated rings. The molecule has 0 aliphatic carbocycles. The zero-order valence-electron chi connectivity index (χ0n) is 10.5. The first-order chi connectivity index (χ1) is 9.14. The molecule has 0 saturated carbocycles. The number of rotatable bonds is 3. The van der Waals surface area contributed by atoms with Gasteiger partial charge in [-0.15, -0.1) is 5.92 Å². The van der Waals surface area contributed by atoms with Crippen molar-refractivity contribution in [1.29, 1.82) is 0 Å². The smallest absolute Gasteiger partial charge is 0.170 e. The van der Waals surface area contributed by atoms with Gasteiger partial charge in [-0.3, -0.25) is 0 Å². The highest BCUT2D eigenvalue weighted by atomic mass is 35.5. The second kappa shape index (κ2) is 5.87. The molecule has 0 aliphatic heterocycles. The maximum absolute atomic E-state index is 10.8. The molecule has 1 aromatic carbocycles. The van der Waals surface area contributed by atoms with Gasteiger partial charge in [-0.25, -0.2) is 9.67 Å². The summed E-state index contributed by atoms with van der Waals surface area (Å²) in [6.45, 7) is 2.16. The van der Waals surface area contributed by atoms with E-state index in [4.69, 9.17) is 11.6 Å². The minimum Gasteiger partial charge on any atom is -0.372 e. The molecule has 0 amide bonds. The molecule has 5 heteroatoms. The first-order valence-corrected chi connectivity index (χ1v) is 6.33. The summed E-state index contributed by atoms with van der Waals surface area (Å²) < 4.78 is 1.55. The summed E-state index contributed by atoms with van der Waals surface area (Å²) in [4.78, 5) is 3.87. The van der Waals surface area contributed by atoms with Gasteiger partial charge in [0.15, 0.2) is 5.60 Å². The minimum absolute atomic E-state index is 0.224. The van der Waals surface area contributed by atoms with Crippen molar-refractivity contribution in [3.63, 3.8) is 0 Å². The van der Waals surface area contributed by atoms with Gasteiger partial charge in [-0.05, 0) is 17.7 Å². The molecule has 2 rings (SSSR count). The molecule has 1 unspecified atom stereocenters. The largest absolute Gasteiger partial charge is 0.372 e. The topological polar surface area (TPSA) is 50.9 Å². The van der Waals surface area contributed by atoms with Crippen molar-refractivity contribution >= 4 is 11.6 Å². The van der Waals surface area contributed by atoms with Crippen molar-refractivity contribution in [2.45, 2.75) is 25.5 Å². The van der Waals surface area contributed by atoms with Crippen LogP contribution in [0, 0.1) is 11.8 Å². The van der Waals surface area contributed by atoms with Crippen LogP contribution in [0.25, 0.3) is 0 Å². The Morgan fingerprint density at radius 2 is 2.11 bits per heavy atom. The Kier molecular flexibility index (Phi) is 4.20. The maximum Gasteiger partial charge on any atom is 0.170 e. The van der Waals surface area contributed by atoms with Gasteiger partial charge in [-0.1, -0.05) is 36.6 Å². The van der Waals surface area contributed by atoms with E-state index in [9.17, 15) is 5.11 Å². The Bertz CT molecular complexity index is 583. The molecule has 98 valence electrons. The lowest BCUT2D eigenvalue weighted by molar-refractivity contribution is 0.0758. The number of hydrogen-bond acceptors (Lipinski definition) is 3. The van der Waals surface area contributed by atoms with Gasteiger partial charge in [0.1, 0.15) is 12.7 Å². The van der Waals surface area contributed by atoms with Crippen LogP contribution < -0.4 is 0 Å². The summed E-state index contributed by atoms with van der Waals surface area (Å²) in [5.74, 6) is 5.81. The summed E-state index contributed by atoms with van der Waals surface area (Å²) in [6.07, 6.45) is 3.65. The molecule has 1 heterocycles. The van der Waals surface area contributed by atoms with Crippen molar-refractivity contribution in [3.8, 4) is 11.8 Å². The standard InChI is InChI=1S/C14H14ClN3O/c1-2-3-8-14(19,9-18-11-16-10-17-18)12-4-6-13(15)7-5-12/h4-7,10-11,19H,2,9H2,1H3. The second-order valence-corrected chi connectivity index (χ2v) is 4.55. The highest BCUT2D eigenvalue weighted by molar-refractivity contribution is 6.30. The summed E-state index contributed by atoms with van der Waals surface area (Å²) in [7, 11) is 0. The zero-order valence-corrected chi connectivity index (χ0v) is 11.3. The van der Waals surface area contributed by atoms with Crippen LogP contribution in [0.1, 0.15) is 18.9 Å². The number of aliphatic hydroxyl groups is 1.